The first-order chi connectivity index (χ1) is 12.6. The number of likely N-dealkylation sites (tertiary alicyclic amines) is 1. The van der Waals surface area contributed by atoms with Crippen molar-refractivity contribution in [3.05, 3.63) is 30.3 Å². The van der Waals surface area contributed by atoms with Crippen LogP contribution in [0, 0.1) is 0 Å². The van der Waals surface area contributed by atoms with E-state index in [2.05, 4.69) is 17.6 Å². The molecule has 1 aliphatic rings. The molecule has 7 nitrogen and oxygen atoms in total. The maximum atomic E-state index is 12.2. The van der Waals surface area contributed by atoms with Gasteiger partial charge >= 0.3 is 12.0 Å². The number of anilines is 1. The van der Waals surface area contributed by atoms with Crippen LogP contribution in [-0.4, -0.2) is 48.5 Å². The number of rotatable bonds is 7. The van der Waals surface area contributed by atoms with Crippen molar-refractivity contribution in [1.82, 2.24) is 10.2 Å². The average molecular weight is 361 g/mol. The number of hydrogen-bond donors (Lipinski definition) is 2. The zero-order valence-electron chi connectivity index (χ0n) is 15.2. The van der Waals surface area contributed by atoms with Crippen LogP contribution in [0.2, 0.25) is 0 Å². The van der Waals surface area contributed by atoms with E-state index in [1.807, 2.05) is 23.1 Å². The number of esters is 1. The number of carbonyl (C=O) groups excluding carboxylic acids is 3. The maximum Gasteiger partial charge on any atom is 0.319 e. The standard InChI is InChI=1S/C19H27N3O4/c1-2-16-10-6-7-13-22(16)17(23)14-26-18(24)11-12-20-19(25)21-15-8-4-3-5-9-15/h3-5,8-9,16H,2,6-7,10-14H2,1H3,(H2,20,21,25)/t16-/m0/s1. The first-order valence-electron chi connectivity index (χ1n) is 9.15. The lowest BCUT2D eigenvalue weighted by Gasteiger charge is -2.35. The molecule has 2 N–H and O–H groups in total. The lowest BCUT2D eigenvalue weighted by molar-refractivity contribution is -0.153. The summed E-state index contributed by atoms with van der Waals surface area (Å²) in [5.41, 5.74) is 0.671. The Bertz CT molecular complexity index is 606. The summed E-state index contributed by atoms with van der Waals surface area (Å²) in [6, 6.07) is 8.88. The Labute approximate surface area is 154 Å². The summed E-state index contributed by atoms with van der Waals surface area (Å²) in [5, 5.41) is 5.24. The number of benzene rings is 1. The van der Waals surface area contributed by atoms with Crippen LogP contribution in [0.4, 0.5) is 10.5 Å². The van der Waals surface area contributed by atoms with Crippen LogP contribution in [0.25, 0.3) is 0 Å². The number of carbonyl (C=O) groups is 3. The second-order valence-electron chi connectivity index (χ2n) is 6.30. The Hall–Kier alpha value is -2.57. The molecule has 1 saturated heterocycles. The molecule has 0 spiro atoms. The number of amides is 3. The lowest BCUT2D eigenvalue weighted by Crippen LogP contribution is -2.45. The first-order valence-corrected chi connectivity index (χ1v) is 9.15. The zero-order valence-corrected chi connectivity index (χ0v) is 15.2. The Kier molecular flexibility index (Phi) is 7.92. The van der Waals surface area contributed by atoms with Gasteiger partial charge in [-0.1, -0.05) is 25.1 Å². The third-order valence-corrected chi connectivity index (χ3v) is 4.42. The van der Waals surface area contributed by atoms with Crippen LogP contribution >= 0.6 is 0 Å². The number of nitrogens with one attached hydrogen (secondary N) is 2. The molecule has 0 aromatic heterocycles. The molecular formula is C19H27N3O4. The molecule has 3 amide bonds. The smallest absolute Gasteiger partial charge is 0.319 e. The molecule has 1 aromatic rings. The normalized spacial score (nSPS) is 16.7. The molecule has 0 radical (unpaired) electrons. The van der Waals surface area contributed by atoms with Crippen molar-refractivity contribution >= 4 is 23.6 Å². The summed E-state index contributed by atoms with van der Waals surface area (Å²) >= 11 is 0. The number of para-hydroxylation sites is 1. The van der Waals surface area contributed by atoms with Gasteiger partial charge in [0.05, 0.1) is 6.42 Å². The molecule has 1 aromatic carbocycles. The fraction of sp³-hybridized carbons (Fsp3) is 0.526. The minimum absolute atomic E-state index is 0.0205. The third-order valence-electron chi connectivity index (χ3n) is 4.42. The molecule has 0 bridgehead atoms. The van der Waals surface area contributed by atoms with Crippen LogP contribution in [0.15, 0.2) is 30.3 Å². The first kappa shape index (κ1) is 19.8. The van der Waals surface area contributed by atoms with E-state index in [9.17, 15) is 14.4 Å². The highest BCUT2D eigenvalue weighted by Crippen LogP contribution is 2.19. The van der Waals surface area contributed by atoms with E-state index in [1.165, 1.54) is 0 Å². The molecule has 0 aliphatic carbocycles. The molecule has 26 heavy (non-hydrogen) atoms. The molecule has 1 fully saturated rings. The van der Waals surface area contributed by atoms with Crippen molar-refractivity contribution in [3.8, 4) is 0 Å². The summed E-state index contributed by atoms with van der Waals surface area (Å²) in [5.74, 6) is -0.636. The van der Waals surface area contributed by atoms with Crippen LogP contribution in [0.1, 0.15) is 39.0 Å². The van der Waals surface area contributed by atoms with Crippen molar-refractivity contribution in [1.29, 1.82) is 0 Å². The predicted octanol–water partition coefficient (Wildman–Crippen LogP) is 2.53. The van der Waals surface area contributed by atoms with Gasteiger partial charge in [-0.15, -0.1) is 0 Å². The molecule has 1 atom stereocenters. The highest BCUT2D eigenvalue weighted by atomic mass is 16.5. The van der Waals surface area contributed by atoms with E-state index in [0.29, 0.717) is 5.69 Å². The minimum Gasteiger partial charge on any atom is -0.456 e. The van der Waals surface area contributed by atoms with Gasteiger partial charge < -0.3 is 20.3 Å². The van der Waals surface area contributed by atoms with E-state index in [0.717, 1.165) is 32.2 Å². The highest BCUT2D eigenvalue weighted by molar-refractivity contribution is 5.89. The highest BCUT2D eigenvalue weighted by Gasteiger charge is 2.25. The van der Waals surface area contributed by atoms with Crippen LogP contribution in [-0.2, 0) is 14.3 Å². The predicted molar refractivity (Wildman–Crippen MR) is 98.7 cm³/mol. The topological polar surface area (TPSA) is 87.7 Å². The summed E-state index contributed by atoms with van der Waals surface area (Å²) in [7, 11) is 0. The van der Waals surface area contributed by atoms with Crippen LogP contribution < -0.4 is 10.6 Å². The Morgan fingerprint density at radius 2 is 1.96 bits per heavy atom. The quantitative estimate of drug-likeness (QED) is 0.731. The molecular weight excluding hydrogens is 334 g/mol. The number of urea groups is 1. The molecule has 1 aliphatic heterocycles. The molecule has 2 rings (SSSR count). The monoisotopic (exact) mass is 361 g/mol. The summed E-state index contributed by atoms with van der Waals surface area (Å²) in [6.45, 7) is 2.71. The Balaban J connectivity index is 1.62. The maximum absolute atomic E-state index is 12.2. The van der Waals surface area contributed by atoms with Gasteiger partial charge in [-0.05, 0) is 37.8 Å². The van der Waals surface area contributed by atoms with Gasteiger partial charge in [-0.2, -0.15) is 0 Å². The van der Waals surface area contributed by atoms with Crippen molar-refractivity contribution in [2.75, 3.05) is 25.0 Å². The Morgan fingerprint density at radius 1 is 1.19 bits per heavy atom. The van der Waals surface area contributed by atoms with Crippen LogP contribution in [0.5, 0.6) is 0 Å². The number of nitrogens with zero attached hydrogens (tertiary/aromatic N) is 1. The lowest BCUT2D eigenvalue weighted by atomic mass is 10.00. The fourth-order valence-electron chi connectivity index (χ4n) is 3.03. The number of hydrogen-bond acceptors (Lipinski definition) is 4. The molecule has 7 heteroatoms. The van der Waals surface area contributed by atoms with E-state index in [-0.39, 0.29) is 37.6 Å². The van der Waals surface area contributed by atoms with E-state index >= 15 is 0 Å². The van der Waals surface area contributed by atoms with Gasteiger partial charge in [0.25, 0.3) is 5.91 Å². The number of ether oxygens (including phenoxy) is 1. The van der Waals surface area contributed by atoms with Gasteiger partial charge in [0.2, 0.25) is 0 Å². The average Bonchev–Trinajstić information content (AvgIpc) is 2.66. The minimum atomic E-state index is -0.497. The van der Waals surface area contributed by atoms with Gasteiger partial charge in [0.1, 0.15) is 0 Å². The van der Waals surface area contributed by atoms with Gasteiger partial charge in [-0.25, -0.2) is 4.79 Å². The number of piperidine rings is 1. The van der Waals surface area contributed by atoms with Gasteiger partial charge in [0, 0.05) is 24.8 Å². The Morgan fingerprint density at radius 3 is 2.69 bits per heavy atom. The zero-order chi connectivity index (χ0) is 18.8. The molecule has 0 saturated carbocycles. The van der Waals surface area contributed by atoms with Gasteiger partial charge in [-0.3, -0.25) is 9.59 Å². The molecule has 1 heterocycles. The SMILES string of the molecule is CC[C@H]1CCCCN1C(=O)COC(=O)CCNC(=O)Nc1ccccc1. The van der Waals surface area contributed by atoms with E-state index in [1.54, 1.807) is 12.1 Å². The van der Waals surface area contributed by atoms with Gasteiger partial charge in [0.15, 0.2) is 6.61 Å². The summed E-state index contributed by atoms with van der Waals surface area (Å²) < 4.78 is 5.05. The second-order valence-corrected chi connectivity index (χ2v) is 6.30. The third kappa shape index (κ3) is 6.38. The van der Waals surface area contributed by atoms with Crippen molar-refractivity contribution in [3.63, 3.8) is 0 Å². The molecule has 142 valence electrons. The summed E-state index contributed by atoms with van der Waals surface area (Å²) in [4.78, 5) is 37.5. The van der Waals surface area contributed by atoms with Crippen molar-refractivity contribution < 1.29 is 19.1 Å². The largest absolute Gasteiger partial charge is 0.456 e. The van der Waals surface area contributed by atoms with Crippen LogP contribution in [0.3, 0.4) is 0 Å². The van der Waals surface area contributed by atoms with Crippen molar-refractivity contribution in [2.24, 2.45) is 0 Å². The van der Waals surface area contributed by atoms with E-state index in [4.69, 9.17) is 4.74 Å². The fourth-order valence-corrected chi connectivity index (χ4v) is 3.03. The van der Waals surface area contributed by atoms with E-state index < -0.39 is 5.97 Å². The second kappa shape index (κ2) is 10.4. The summed E-state index contributed by atoms with van der Waals surface area (Å²) in [6.07, 6.45) is 4.08. The van der Waals surface area contributed by atoms with Crippen molar-refractivity contribution in [2.45, 2.75) is 45.1 Å². The molecule has 0 unspecified atom stereocenters.